The van der Waals surface area contributed by atoms with E-state index in [4.69, 9.17) is 10.2 Å². The minimum Gasteiger partial charge on any atom is -0.443 e. The topological polar surface area (TPSA) is 52.0 Å². The van der Waals surface area contributed by atoms with E-state index in [1.54, 1.807) is 0 Å². The molecule has 0 unspecified atom stereocenters. The fourth-order valence-electron chi connectivity index (χ4n) is 1.52. The second kappa shape index (κ2) is 4.16. The van der Waals surface area contributed by atoms with Crippen LogP contribution in [0.4, 0.5) is 0 Å². The van der Waals surface area contributed by atoms with Crippen molar-refractivity contribution in [1.29, 1.82) is 0 Å². The minimum atomic E-state index is 0.390. The first-order chi connectivity index (χ1) is 7.22. The van der Waals surface area contributed by atoms with Crippen LogP contribution in [-0.2, 0) is 6.54 Å². The number of nitrogens with two attached hydrogens (primary N) is 1. The molecular formula is C11H11BrN2O. The van der Waals surface area contributed by atoms with Crippen molar-refractivity contribution in [3.8, 4) is 11.3 Å². The molecule has 0 saturated carbocycles. The van der Waals surface area contributed by atoms with Gasteiger partial charge < -0.3 is 10.2 Å². The zero-order chi connectivity index (χ0) is 10.8. The van der Waals surface area contributed by atoms with Gasteiger partial charge in [0.2, 0.25) is 0 Å². The summed E-state index contributed by atoms with van der Waals surface area (Å²) >= 11 is 3.42. The summed E-state index contributed by atoms with van der Waals surface area (Å²) in [4.78, 5) is 4.07. The Kier molecular flexibility index (Phi) is 2.88. The van der Waals surface area contributed by atoms with Crippen LogP contribution in [0.5, 0.6) is 0 Å². The lowest BCUT2D eigenvalue weighted by Gasteiger charge is -2.04. The first-order valence-corrected chi connectivity index (χ1v) is 5.40. The van der Waals surface area contributed by atoms with Crippen LogP contribution >= 0.6 is 15.9 Å². The summed E-state index contributed by atoms with van der Waals surface area (Å²) in [6, 6.07) is 6.02. The van der Waals surface area contributed by atoms with Crippen molar-refractivity contribution in [2.75, 3.05) is 0 Å². The van der Waals surface area contributed by atoms with Crippen LogP contribution in [0.1, 0.15) is 11.3 Å². The van der Waals surface area contributed by atoms with Crippen molar-refractivity contribution in [3.05, 3.63) is 40.3 Å². The Bertz CT molecular complexity index is 479. The van der Waals surface area contributed by atoms with Crippen molar-refractivity contribution in [3.63, 3.8) is 0 Å². The maximum atomic E-state index is 5.58. The van der Waals surface area contributed by atoms with E-state index in [1.165, 1.54) is 6.39 Å². The third kappa shape index (κ3) is 1.96. The number of halogens is 1. The van der Waals surface area contributed by atoms with E-state index >= 15 is 0 Å². The van der Waals surface area contributed by atoms with Gasteiger partial charge in [-0.1, -0.05) is 15.9 Å². The molecular weight excluding hydrogens is 256 g/mol. The molecule has 0 aliphatic heterocycles. The highest BCUT2D eigenvalue weighted by atomic mass is 79.9. The third-order valence-corrected chi connectivity index (χ3v) is 2.76. The Labute approximate surface area is 96.4 Å². The van der Waals surface area contributed by atoms with Gasteiger partial charge in [-0.05, 0) is 30.7 Å². The largest absolute Gasteiger partial charge is 0.443 e. The standard InChI is InChI=1S/C11H11BrN2O/c1-7-4-8(12)2-3-9(7)11-10(5-13)14-6-15-11/h2-4,6H,5,13H2,1H3. The average Bonchev–Trinajstić information content (AvgIpc) is 2.65. The molecule has 0 saturated heterocycles. The molecule has 1 aromatic carbocycles. The lowest BCUT2D eigenvalue weighted by atomic mass is 10.1. The molecule has 15 heavy (non-hydrogen) atoms. The molecule has 2 aromatic rings. The lowest BCUT2D eigenvalue weighted by Crippen LogP contribution is -1.98. The van der Waals surface area contributed by atoms with E-state index in [9.17, 15) is 0 Å². The summed E-state index contributed by atoms with van der Waals surface area (Å²) < 4.78 is 6.41. The number of nitrogens with zero attached hydrogens (tertiary/aromatic N) is 1. The van der Waals surface area contributed by atoms with Gasteiger partial charge in [-0.15, -0.1) is 0 Å². The average molecular weight is 267 g/mol. The molecule has 1 heterocycles. The van der Waals surface area contributed by atoms with Crippen LogP contribution in [-0.4, -0.2) is 4.98 Å². The van der Waals surface area contributed by atoms with Gasteiger partial charge >= 0.3 is 0 Å². The van der Waals surface area contributed by atoms with Crippen molar-refractivity contribution in [2.45, 2.75) is 13.5 Å². The third-order valence-electron chi connectivity index (χ3n) is 2.27. The highest BCUT2D eigenvalue weighted by molar-refractivity contribution is 9.10. The molecule has 1 aromatic heterocycles. The van der Waals surface area contributed by atoms with E-state index in [-0.39, 0.29) is 0 Å². The second-order valence-electron chi connectivity index (χ2n) is 3.29. The van der Waals surface area contributed by atoms with Gasteiger partial charge in [-0.25, -0.2) is 4.98 Å². The van der Waals surface area contributed by atoms with Crippen LogP contribution in [0.3, 0.4) is 0 Å². The Morgan fingerprint density at radius 1 is 1.47 bits per heavy atom. The van der Waals surface area contributed by atoms with Crippen molar-refractivity contribution in [1.82, 2.24) is 4.98 Å². The quantitative estimate of drug-likeness (QED) is 0.910. The Morgan fingerprint density at radius 3 is 2.93 bits per heavy atom. The van der Waals surface area contributed by atoms with Gasteiger partial charge in [0.25, 0.3) is 0 Å². The maximum Gasteiger partial charge on any atom is 0.181 e. The molecule has 2 N–H and O–H groups in total. The first-order valence-electron chi connectivity index (χ1n) is 4.61. The van der Waals surface area contributed by atoms with E-state index in [0.29, 0.717) is 6.54 Å². The number of aromatic nitrogens is 1. The Hall–Kier alpha value is -1.13. The van der Waals surface area contributed by atoms with Gasteiger partial charge in [0.05, 0.1) is 0 Å². The number of aryl methyl sites for hydroxylation is 1. The normalized spacial score (nSPS) is 10.6. The number of benzene rings is 1. The van der Waals surface area contributed by atoms with Crippen LogP contribution in [0.2, 0.25) is 0 Å². The summed E-state index contributed by atoms with van der Waals surface area (Å²) in [5.41, 5.74) is 8.55. The zero-order valence-corrected chi connectivity index (χ0v) is 9.91. The van der Waals surface area contributed by atoms with E-state index in [2.05, 4.69) is 20.9 Å². The molecule has 0 aliphatic rings. The Balaban J connectivity index is 2.54. The van der Waals surface area contributed by atoms with Gasteiger partial charge in [0, 0.05) is 16.6 Å². The molecule has 0 fully saturated rings. The van der Waals surface area contributed by atoms with E-state index < -0.39 is 0 Å². The van der Waals surface area contributed by atoms with E-state index in [0.717, 1.165) is 27.1 Å². The van der Waals surface area contributed by atoms with Crippen LogP contribution in [0, 0.1) is 6.92 Å². The molecule has 0 bridgehead atoms. The summed E-state index contributed by atoms with van der Waals surface area (Å²) in [6.07, 6.45) is 1.43. The summed E-state index contributed by atoms with van der Waals surface area (Å²) in [6.45, 7) is 2.42. The van der Waals surface area contributed by atoms with Crippen LogP contribution < -0.4 is 5.73 Å². The SMILES string of the molecule is Cc1cc(Br)ccc1-c1ocnc1CN. The van der Waals surface area contributed by atoms with Crippen molar-refractivity contribution in [2.24, 2.45) is 5.73 Å². The fourth-order valence-corrected chi connectivity index (χ4v) is 1.99. The molecule has 2 rings (SSSR count). The number of rotatable bonds is 2. The van der Waals surface area contributed by atoms with Crippen LogP contribution in [0.25, 0.3) is 11.3 Å². The number of hydrogen-bond acceptors (Lipinski definition) is 3. The number of oxazole rings is 1. The molecule has 3 nitrogen and oxygen atoms in total. The fraction of sp³-hybridized carbons (Fsp3) is 0.182. The highest BCUT2D eigenvalue weighted by Gasteiger charge is 2.11. The predicted octanol–water partition coefficient (Wildman–Crippen LogP) is 2.87. The molecule has 0 aliphatic carbocycles. The molecule has 0 spiro atoms. The van der Waals surface area contributed by atoms with Gasteiger partial charge in [0.15, 0.2) is 12.2 Å². The minimum absolute atomic E-state index is 0.390. The van der Waals surface area contributed by atoms with Crippen molar-refractivity contribution < 1.29 is 4.42 Å². The zero-order valence-electron chi connectivity index (χ0n) is 8.33. The van der Waals surface area contributed by atoms with Gasteiger partial charge in [-0.2, -0.15) is 0 Å². The number of hydrogen-bond donors (Lipinski definition) is 1. The monoisotopic (exact) mass is 266 g/mol. The maximum absolute atomic E-state index is 5.58. The smallest absolute Gasteiger partial charge is 0.181 e. The van der Waals surface area contributed by atoms with Gasteiger partial charge in [0.1, 0.15) is 5.69 Å². The van der Waals surface area contributed by atoms with Crippen LogP contribution in [0.15, 0.2) is 33.5 Å². The molecule has 78 valence electrons. The molecule has 0 amide bonds. The second-order valence-corrected chi connectivity index (χ2v) is 4.21. The van der Waals surface area contributed by atoms with E-state index in [1.807, 2.05) is 25.1 Å². The predicted molar refractivity (Wildman–Crippen MR) is 62.3 cm³/mol. The molecule has 0 radical (unpaired) electrons. The first kappa shape index (κ1) is 10.4. The Morgan fingerprint density at radius 2 is 2.27 bits per heavy atom. The summed E-state index contributed by atoms with van der Waals surface area (Å²) in [5, 5.41) is 0. The van der Waals surface area contributed by atoms with Crippen molar-refractivity contribution >= 4 is 15.9 Å². The lowest BCUT2D eigenvalue weighted by molar-refractivity contribution is 0.570. The summed E-state index contributed by atoms with van der Waals surface area (Å²) in [7, 11) is 0. The molecule has 0 atom stereocenters. The summed E-state index contributed by atoms with van der Waals surface area (Å²) in [5.74, 6) is 0.766. The highest BCUT2D eigenvalue weighted by Crippen LogP contribution is 2.28. The molecule has 4 heteroatoms. The van der Waals surface area contributed by atoms with Gasteiger partial charge in [-0.3, -0.25) is 0 Å².